The number of carbonyl (C=O) groups excluding carboxylic acids is 1. The molecular weight excluding hydrogens is 404 g/mol. The molecule has 27 heavy (non-hydrogen) atoms. The summed E-state index contributed by atoms with van der Waals surface area (Å²) in [5.41, 5.74) is -0.818. The lowest BCUT2D eigenvalue weighted by atomic mass is 10.1. The van der Waals surface area contributed by atoms with Gasteiger partial charge in [0.15, 0.2) is 5.78 Å². The van der Waals surface area contributed by atoms with E-state index in [0.717, 1.165) is 6.20 Å². The third-order valence-electron chi connectivity index (χ3n) is 3.92. The van der Waals surface area contributed by atoms with E-state index in [4.69, 9.17) is 23.2 Å². The topological polar surface area (TPSA) is 61.9 Å². The van der Waals surface area contributed by atoms with Crippen molar-refractivity contribution in [2.75, 3.05) is 13.1 Å². The Morgan fingerprint density at radius 1 is 1.22 bits per heavy atom. The van der Waals surface area contributed by atoms with Crippen LogP contribution in [0.2, 0.25) is 10.0 Å². The minimum atomic E-state index is -4.54. The maximum absolute atomic E-state index is 13.1. The number of ketones is 1. The summed E-state index contributed by atoms with van der Waals surface area (Å²) in [4.78, 5) is 18.1. The molecule has 0 bridgehead atoms. The number of aromatic amines is 1. The van der Waals surface area contributed by atoms with Crippen molar-refractivity contribution in [3.8, 4) is 0 Å². The molecule has 0 amide bonds. The predicted octanol–water partition coefficient (Wildman–Crippen LogP) is 4.86. The fourth-order valence-electron chi connectivity index (χ4n) is 2.53. The lowest BCUT2D eigenvalue weighted by Crippen LogP contribution is -2.32. The van der Waals surface area contributed by atoms with Crippen LogP contribution in [0.25, 0.3) is 0 Å². The summed E-state index contributed by atoms with van der Waals surface area (Å²) < 4.78 is 39.2. The van der Waals surface area contributed by atoms with E-state index in [1.807, 2.05) is 18.9 Å². The first-order valence-electron chi connectivity index (χ1n) is 8.23. The summed E-state index contributed by atoms with van der Waals surface area (Å²) in [5.74, 6) is -0.0599. The number of nitrogens with one attached hydrogen (secondary N) is 1. The molecule has 0 spiro atoms. The first-order chi connectivity index (χ1) is 12.6. The highest BCUT2D eigenvalue weighted by atomic mass is 35.5. The number of Topliss-reactive ketones (excluding diaryl/α,β-unsaturated/α-hetero) is 1. The Balaban J connectivity index is 2.22. The number of nitrogens with zero attached hydrogens (tertiary/aromatic N) is 3. The van der Waals surface area contributed by atoms with Crippen LogP contribution in [0.1, 0.15) is 41.9 Å². The van der Waals surface area contributed by atoms with Gasteiger partial charge in [-0.05, 0) is 18.9 Å². The van der Waals surface area contributed by atoms with Gasteiger partial charge in [-0.1, -0.05) is 37.0 Å². The summed E-state index contributed by atoms with van der Waals surface area (Å²) >= 11 is 12.0. The summed E-state index contributed by atoms with van der Waals surface area (Å²) in [6.07, 6.45) is -0.0996. The molecule has 0 aliphatic rings. The fraction of sp³-hybridized carbons (Fsp3) is 0.471. The smallest absolute Gasteiger partial charge is 0.293 e. The highest BCUT2D eigenvalue weighted by Gasteiger charge is 2.36. The average Bonchev–Trinajstić information content (AvgIpc) is 3.00. The highest BCUT2D eigenvalue weighted by molar-refractivity contribution is 6.39. The van der Waals surface area contributed by atoms with Gasteiger partial charge in [0.2, 0.25) is 0 Å². The first-order valence-corrected chi connectivity index (χ1v) is 8.99. The van der Waals surface area contributed by atoms with Crippen molar-refractivity contribution in [3.05, 3.63) is 45.5 Å². The van der Waals surface area contributed by atoms with E-state index < -0.39 is 11.9 Å². The minimum Gasteiger partial charge on any atom is -0.293 e. The van der Waals surface area contributed by atoms with Crippen LogP contribution < -0.4 is 0 Å². The van der Waals surface area contributed by atoms with E-state index in [9.17, 15) is 18.0 Å². The van der Waals surface area contributed by atoms with Gasteiger partial charge in [0, 0.05) is 24.5 Å². The molecule has 0 aliphatic carbocycles. The van der Waals surface area contributed by atoms with Crippen molar-refractivity contribution in [2.45, 2.75) is 33.0 Å². The number of halogens is 5. The molecular formula is C17H19Cl2F3N4O. The molecule has 0 aliphatic heterocycles. The molecule has 1 N–H and O–H groups in total. The number of carbonyl (C=O) groups is 1. The van der Waals surface area contributed by atoms with Crippen molar-refractivity contribution in [3.63, 3.8) is 0 Å². The van der Waals surface area contributed by atoms with Crippen LogP contribution in [-0.4, -0.2) is 39.0 Å². The maximum Gasteiger partial charge on any atom is 0.433 e. The summed E-state index contributed by atoms with van der Waals surface area (Å²) in [7, 11) is 0. The zero-order chi connectivity index (χ0) is 20.2. The Hall–Kier alpha value is -1.64. The number of alkyl halides is 3. The van der Waals surface area contributed by atoms with Gasteiger partial charge in [-0.2, -0.15) is 18.3 Å². The summed E-state index contributed by atoms with van der Waals surface area (Å²) in [5, 5.41) is 5.69. The van der Waals surface area contributed by atoms with Gasteiger partial charge in [-0.3, -0.25) is 19.8 Å². The predicted molar refractivity (Wildman–Crippen MR) is 96.9 cm³/mol. The third kappa shape index (κ3) is 5.92. The summed E-state index contributed by atoms with van der Waals surface area (Å²) in [6, 6.07) is 0. The van der Waals surface area contributed by atoms with Gasteiger partial charge in [0.05, 0.1) is 28.4 Å². The Bertz CT molecular complexity index is 772. The highest BCUT2D eigenvalue weighted by Crippen LogP contribution is 2.31. The molecule has 0 aromatic carbocycles. The quantitative estimate of drug-likeness (QED) is 0.616. The zero-order valence-electron chi connectivity index (χ0n) is 14.8. The van der Waals surface area contributed by atoms with Gasteiger partial charge < -0.3 is 0 Å². The third-order valence-corrected chi connectivity index (χ3v) is 4.49. The van der Waals surface area contributed by atoms with Crippen molar-refractivity contribution in [1.29, 1.82) is 0 Å². The lowest BCUT2D eigenvalue weighted by Gasteiger charge is -2.23. The van der Waals surface area contributed by atoms with Crippen molar-refractivity contribution < 1.29 is 18.0 Å². The van der Waals surface area contributed by atoms with Crippen LogP contribution in [-0.2, 0) is 12.7 Å². The Labute approximate surface area is 164 Å². The second kappa shape index (κ2) is 9.03. The largest absolute Gasteiger partial charge is 0.433 e. The monoisotopic (exact) mass is 422 g/mol. The van der Waals surface area contributed by atoms with E-state index >= 15 is 0 Å². The number of aromatic nitrogens is 3. The van der Waals surface area contributed by atoms with Gasteiger partial charge in [-0.15, -0.1) is 0 Å². The van der Waals surface area contributed by atoms with E-state index in [0.29, 0.717) is 18.9 Å². The minimum absolute atomic E-state index is 0.0222. The van der Waals surface area contributed by atoms with Gasteiger partial charge >= 0.3 is 6.18 Å². The standard InChI is InChI=1S/C17H19Cl2F3N4O/c1-10(2)3-4-26(8-11-5-24-25-16(11)17(20,21)22)9-14(27)15-12(18)6-23-7-13(15)19/h5-7,10H,3-4,8-9H2,1-2H3,(H,24,25). The van der Waals surface area contributed by atoms with Gasteiger partial charge in [0.25, 0.3) is 0 Å². The molecule has 0 fully saturated rings. The van der Waals surface area contributed by atoms with Crippen LogP contribution in [0, 0.1) is 5.92 Å². The zero-order valence-corrected chi connectivity index (χ0v) is 16.3. The summed E-state index contributed by atoms with van der Waals surface area (Å²) in [6.45, 7) is 4.22. The molecule has 0 radical (unpaired) electrons. The van der Waals surface area contributed by atoms with E-state index in [-0.39, 0.29) is 40.0 Å². The van der Waals surface area contributed by atoms with Crippen LogP contribution in [0.3, 0.4) is 0 Å². The van der Waals surface area contributed by atoms with Crippen molar-refractivity contribution in [2.24, 2.45) is 5.92 Å². The number of H-pyrrole nitrogens is 1. The molecule has 0 unspecified atom stereocenters. The first kappa shape index (κ1) is 21.7. The molecule has 0 saturated heterocycles. The van der Waals surface area contributed by atoms with Crippen LogP contribution in [0.4, 0.5) is 13.2 Å². The molecule has 0 atom stereocenters. The molecule has 5 nitrogen and oxygen atoms in total. The van der Waals surface area contributed by atoms with Gasteiger partial charge in [-0.25, -0.2) is 0 Å². The van der Waals surface area contributed by atoms with E-state index in [1.54, 1.807) is 4.90 Å². The Morgan fingerprint density at radius 2 is 1.85 bits per heavy atom. The number of rotatable bonds is 8. The maximum atomic E-state index is 13.1. The lowest BCUT2D eigenvalue weighted by molar-refractivity contribution is -0.142. The number of pyridine rings is 1. The van der Waals surface area contributed by atoms with Crippen molar-refractivity contribution >= 4 is 29.0 Å². The van der Waals surface area contributed by atoms with Crippen LogP contribution in [0.15, 0.2) is 18.6 Å². The van der Waals surface area contributed by atoms with E-state index in [2.05, 4.69) is 10.1 Å². The van der Waals surface area contributed by atoms with E-state index in [1.165, 1.54) is 12.4 Å². The molecule has 2 heterocycles. The second-order valence-corrected chi connectivity index (χ2v) is 7.38. The Kier molecular flexibility index (Phi) is 7.25. The molecule has 10 heteroatoms. The Morgan fingerprint density at radius 3 is 2.41 bits per heavy atom. The normalized spacial score (nSPS) is 12.2. The number of hydrogen-bond acceptors (Lipinski definition) is 4. The fourth-order valence-corrected chi connectivity index (χ4v) is 3.11. The van der Waals surface area contributed by atoms with Gasteiger partial charge in [0.1, 0.15) is 5.69 Å². The van der Waals surface area contributed by atoms with Crippen molar-refractivity contribution in [1.82, 2.24) is 20.1 Å². The molecule has 2 rings (SSSR count). The molecule has 2 aromatic heterocycles. The number of hydrogen-bond donors (Lipinski definition) is 1. The average molecular weight is 423 g/mol. The molecule has 148 valence electrons. The second-order valence-electron chi connectivity index (χ2n) is 6.56. The molecule has 0 saturated carbocycles. The SMILES string of the molecule is CC(C)CCN(CC(=O)c1c(Cl)cncc1Cl)Cc1cn[nH]c1C(F)(F)F. The molecule has 2 aromatic rings. The van der Waals surface area contributed by atoms with Crippen LogP contribution in [0.5, 0.6) is 0 Å². The van der Waals surface area contributed by atoms with Crippen LogP contribution >= 0.6 is 23.2 Å².